The van der Waals surface area contributed by atoms with E-state index in [0.29, 0.717) is 11.4 Å². The van der Waals surface area contributed by atoms with Crippen molar-refractivity contribution >= 4 is 5.91 Å². The summed E-state index contributed by atoms with van der Waals surface area (Å²) in [6.45, 7) is -0.528. The number of rotatable bonds is 6. The summed E-state index contributed by atoms with van der Waals surface area (Å²) in [5.41, 5.74) is 2.09. The fourth-order valence-corrected chi connectivity index (χ4v) is 3.52. The largest absolute Gasteiger partial charge is 0.494 e. The number of nitriles is 1. The highest BCUT2D eigenvalue weighted by Gasteiger charge is 2.32. The lowest BCUT2D eigenvalue weighted by Crippen LogP contribution is -2.27. The number of methoxy groups -OCH3 is 1. The van der Waals surface area contributed by atoms with Gasteiger partial charge in [-0.25, -0.2) is 17.9 Å². The van der Waals surface area contributed by atoms with Gasteiger partial charge in [0.2, 0.25) is 0 Å². The first-order valence-electron chi connectivity index (χ1n) is 9.56. The molecule has 4 rings (SSSR count). The Morgan fingerprint density at radius 1 is 1.22 bits per heavy atom. The molecule has 1 aromatic heterocycles. The standard InChI is InChI=1S/C22H17F3N4O3/c1-31-21-13(8-26)2-7-18(32-12-19(24)25)20(21)22(30)28-9-14-10-29(27-17(14)11-28)16-5-3-15(23)4-6-16/h2-7,10,19H,9,11-12H2,1H3. The Labute approximate surface area is 181 Å². The third-order valence-electron chi connectivity index (χ3n) is 4.98. The van der Waals surface area contributed by atoms with Crippen LogP contribution in [0.2, 0.25) is 0 Å². The van der Waals surface area contributed by atoms with Crippen LogP contribution in [0.4, 0.5) is 13.2 Å². The average Bonchev–Trinajstić information content (AvgIpc) is 3.36. The third kappa shape index (κ3) is 3.97. The van der Waals surface area contributed by atoms with Gasteiger partial charge in [0, 0.05) is 18.3 Å². The van der Waals surface area contributed by atoms with E-state index in [9.17, 15) is 23.2 Å². The summed E-state index contributed by atoms with van der Waals surface area (Å²) in [4.78, 5) is 14.8. The van der Waals surface area contributed by atoms with Crippen LogP contribution in [0.15, 0.2) is 42.6 Å². The van der Waals surface area contributed by atoms with Crippen molar-refractivity contribution in [3.63, 3.8) is 0 Å². The number of nitrogens with zero attached hydrogens (tertiary/aromatic N) is 4. The molecule has 0 bridgehead atoms. The van der Waals surface area contributed by atoms with E-state index in [1.807, 2.05) is 6.07 Å². The van der Waals surface area contributed by atoms with Crippen LogP contribution < -0.4 is 9.47 Å². The molecule has 1 aliphatic rings. The first-order valence-corrected chi connectivity index (χ1v) is 9.56. The lowest BCUT2D eigenvalue weighted by Gasteiger charge is -2.20. The van der Waals surface area contributed by atoms with E-state index in [-0.39, 0.29) is 41.5 Å². The smallest absolute Gasteiger partial charge is 0.272 e. The van der Waals surface area contributed by atoms with E-state index in [4.69, 9.17) is 9.47 Å². The van der Waals surface area contributed by atoms with E-state index < -0.39 is 18.9 Å². The molecule has 0 saturated heterocycles. The van der Waals surface area contributed by atoms with Gasteiger partial charge in [0.05, 0.1) is 30.6 Å². The molecule has 0 atom stereocenters. The number of halogens is 3. The number of ether oxygens (including phenoxy) is 2. The Morgan fingerprint density at radius 2 is 1.97 bits per heavy atom. The number of aromatic nitrogens is 2. The molecular formula is C22H17F3N4O3. The molecule has 0 saturated carbocycles. The SMILES string of the molecule is COc1c(C#N)ccc(OCC(F)F)c1C(=O)N1Cc2cn(-c3ccc(F)cc3)nc2C1. The van der Waals surface area contributed by atoms with Gasteiger partial charge in [-0.15, -0.1) is 0 Å². The highest BCUT2D eigenvalue weighted by Crippen LogP contribution is 2.35. The van der Waals surface area contributed by atoms with Gasteiger partial charge in [0.25, 0.3) is 12.3 Å². The Kier molecular flexibility index (Phi) is 5.73. The van der Waals surface area contributed by atoms with Gasteiger partial charge < -0.3 is 14.4 Å². The number of fused-ring (bicyclic) bond motifs is 1. The molecule has 2 aromatic carbocycles. The molecule has 7 nitrogen and oxygen atoms in total. The number of hydrogen-bond donors (Lipinski definition) is 0. The molecule has 0 unspecified atom stereocenters. The highest BCUT2D eigenvalue weighted by molar-refractivity contribution is 6.00. The Hall–Kier alpha value is -4.00. The third-order valence-corrected chi connectivity index (χ3v) is 4.98. The molecule has 0 spiro atoms. The normalized spacial score (nSPS) is 12.6. The zero-order chi connectivity index (χ0) is 22.8. The Balaban J connectivity index is 1.62. The van der Waals surface area contributed by atoms with Crippen molar-refractivity contribution in [1.82, 2.24) is 14.7 Å². The predicted molar refractivity (Wildman–Crippen MR) is 106 cm³/mol. The maximum absolute atomic E-state index is 13.3. The van der Waals surface area contributed by atoms with E-state index in [1.54, 1.807) is 23.0 Å². The lowest BCUT2D eigenvalue weighted by molar-refractivity contribution is 0.0703. The Bertz CT molecular complexity index is 1180. The van der Waals surface area contributed by atoms with Crippen molar-refractivity contribution in [2.24, 2.45) is 0 Å². The summed E-state index contributed by atoms with van der Waals surface area (Å²) >= 11 is 0. The average molecular weight is 442 g/mol. The summed E-state index contributed by atoms with van der Waals surface area (Å²) in [5, 5.41) is 13.8. The summed E-state index contributed by atoms with van der Waals surface area (Å²) in [6.07, 6.45) is -0.991. The second-order valence-corrected chi connectivity index (χ2v) is 7.02. The highest BCUT2D eigenvalue weighted by atomic mass is 19.3. The van der Waals surface area contributed by atoms with Crippen LogP contribution in [-0.4, -0.2) is 40.7 Å². The van der Waals surface area contributed by atoms with Crippen molar-refractivity contribution in [3.05, 3.63) is 70.8 Å². The van der Waals surface area contributed by atoms with E-state index in [0.717, 1.165) is 5.56 Å². The van der Waals surface area contributed by atoms with Crippen LogP contribution >= 0.6 is 0 Å². The van der Waals surface area contributed by atoms with E-state index in [1.165, 1.54) is 36.3 Å². The molecule has 10 heteroatoms. The molecule has 0 N–H and O–H groups in total. The maximum Gasteiger partial charge on any atom is 0.272 e. The summed E-state index contributed by atoms with van der Waals surface area (Å²) in [7, 11) is 1.29. The van der Waals surface area contributed by atoms with E-state index >= 15 is 0 Å². The zero-order valence-corrected chi connectivity index (χ0v) is 16.9. The minimum Gasteiger partial charge on any atom is -0.494 e. The first kappa shape index (κ1) is 21.2. The number of benzene rings is 2. The molecule has 0 fully saturated rings. The number of alkyl halides is 2. The number of amides is 1. The monoisotopic (exact) mass is 442 g/mol. The van der Waals surface area contributed by atoms with Crippen molar-refractivity contribution < 1.29 is 27.4 Å². The molecule has 1 aliphatic heterocycles. The number of hydrogen-bond acceptors (Lipinski definition) is 5. The number of carbonyl (C=O) groups excluding carboxylic acids is 1. The van der Waals surface area contributed by atoms with Gasteiger partial charge in [-0.1, -0.05) is 0 Å². The molecule has 164 valence electrons. The van der Waals surface area contributed by atoms with Crippen LogP contribution in [0.25, 0.3) is 5.69 Å². The van der Waals surface area contributed by atoms with Crippen LogP contribution in [-0.2, 0) is 13.1 Å². The van der Waals surface area contributed by atoms with Crippen LogP contribution in [0.3, 0.4) is 0 Å². The second kappa shape index (κ2) is 8.63. The first-order chi connectivity index (χ1) is 15.4. The molecular weight excluding hydrogens is 425 g/mol. The van der Waals surface area contributed by atoms with Crippen LogP contribution in [0.5, 0.6) is 11.5 Å². The second-order valence-electron chi connectivity index (χ2n) is 7.02. The molecule has 0 radical (unpaired) electrons. The van der Waals surface area contributed by atoms with Crippen molar-refractivity contribution in [2.75, 3.05) is 13.7 Å². The Morgan fingerprint density at radius 3 is 2.59 bits per heavy atom. The summed E-state index contributed by atoms with van der Waals surface area (Å²) in [5.74, 6) is -1.02. The van der Waals surface area contributed by atoms with Gasteiger partial charge in [-0.3, -0.25) is 4.79 Å². The molecule has 32 heavy (non-hydrogen) atoms. The quantitative estimate of drug-likeness (QED) is 0.582. The van der Waals surface area contributed by atoms with Gasteiger partial charge in [0.15, 0.2) is 5.75 Å². The minimum absolute atomic E-state index is 0.0369. The predicted octanol–water partition coefficient (Wildman–Crippen LogP) is 3.69. The van der Waals surface area contributed by atoms with Crippen molar-refractivity contribution in [1.29, 1.82) is 5.26 Å². The molecule has 0 aliphatic carbocycles. The summed E-state index contributed by atoms with van der Waals surface area (Å²) < 4.78 is 50.5. The van der Waals surface area contributed by atoms with Gasteiger partial charge in [-0.2, -0.15) is 10.4 Å². The fraction of sp³-hybridized carbons (Fsp3) is 0.227. The van der Waals surface area contributed by atoms with Crippen LogP contribution in [0.1, 0.15) is 27.2 Å². The number of carbonyl (C=O) groups is 1. The van der Waals surface area contributed by atoms with Gasteiger partial charge in [0.1, 0.15) is 29.8 Å². The lowest BCUT2D eigenvalue weighted by atomic mass is 10.1. The summed E-state index contributed by atoms with van der Waals surface area (Å²) in [6, 6.07) is 10.4. The van der Waals surface area contributed by atoms with Crippen molar-refractivity contribution in [3.8, 4) is 23.3 Å². The fourth-order valence-electron chi connectivity index (χ4n) is 3.52. The van der Waals surface area contributed by atoms with E-state index in [2.05, 4.69) is 5.10 Å². The maximum atomic E-state index is 13.3. The zero-order valence-electron chi connectivity index (χ0n) is 16.9. The molecule has 2 heterocycles. The minimum atomic E-state index is -2.73. The molecule has 1 amide bonds. The van der Waals surface area contributed by atoms with Gasteiger partial charge >= 0.3 is 0 Å². The van der Waals surface area contributed by atoms with Crippen LogP contribution in [0, 0.1) is 17.1 Å². The van der Waals surface area contributed by atoms with Crippen molar-refractivity contribution in [2.45, 2.75) is 19.5 Å². The molecule has 3 aromatic rings. The topological polar surface area (TPSA) is 80.4 Å². The van der Waals surface area contributed by atoms with Gasteiger partial charge in [-0.05, 0) is 36.4 Å².